The first kappa shape index (κ1) is 14.8. The van der Waals surface area contributed by atoms with Crippen LogP contribution in [0.2, 0.25) is 0 Å². The van der Waals surface area contributed by atoms with Crippen LogP contribution in [0.1, 0.15) is 51.9 Å². The number of carbonyl (C=O) groups excluding carboxylic acids is 1. The Hall–Kier alpha value is -0.610. The highest BCUT2D eigenvalue weighted by molar-refractivity contribution is 5.78. The van der Waals surface area contributed by atoms with Crippen molar-refractivity contribution in [3.05, 3.63) is 0 Å². The summed E-state index contributed by atoms with van der Waals surface area (Å²) in [7, 11) is 0. The van der Waals surface area contributed by atoms with E-state index >= 15 is 0 Å². The summed E-state index contributed by atoms with van der Waals surface area (Å²) in [6.07, 6.45) is 8.67. The first-order valence-corrected chi connectivity index (χ1v) is 8.03. The molecule has 1 atom stereocenters. The summed E-state index contributed by atoms with van der Waals surface area (Å²) in [6, 6.07) is 1.26. The molecule has 2 rings (SSSR count). The lowest BCUT2D eigenvalue weighted by molar-refractivity contribution is -0.122. The Morgan fingerprint density at radius 3 is 2.79 bits per heavy atom. The van der Waals surface area contributed by atoms with Gasteiger partial charge in [0.15, 0.2) is 0 Å². The molecule has 0 aromatic rings. The molecule has 1 aliphatic heterocycles. The zero-order valence-corrected chi connectivity index (χ0v) is 12.3. The number of carbonyl (C=O) groups is 1. The van der Waals surface area contributed by atoms with Gasteiger partial charge in [-0.1, -0.05) is 19.8 Å². The van der Waals surface area contributed by atoms with Gasteiger partial charge < -0.3 is 10.6 Å². The lowest BCUT2D eigenvalue weighted by atomic mass is 10.0. The van der Waals surface area contributed by atoms with Crippen molar-refractivity contribution in [1.82, 2.24) is 15.5 Å². The number of nitrogens with zero attached hydrogens (tertiary/aromatic N) is 1. The van der Waals surface area contributed by atoms with Crippen LogP contribution < -0.4 is 10.6 Å². The minimum Gasteiger partial charge on any atom is -0.355 e. The Kier molecular flexibility index (Phi) is 6.11. The number of unbranched alkanes of at least 4 members (excludes halogenated alkanes) is 1. The van der Waals surface area contributed by atoms with E-state index in [1.165, 1.54) is 32.1 Å². The first-order valence-electron chi connectivity index (χ1n) is 8.03. The van der Waals surface area contributed by atoms with E-state index < -0.39 is 0 Å². The van der Waals surface area contributed by atoms with Gasteiger partial charge in [-0.15, -0.1) is 0 Å². The molecule has 2 N–H and O–H groups in total. The second kappa shape index (κ2) is 7.85. The zero-order chi connectivity index (χ0) is 13.5. The van der Waals surface area contributed by atoms with Gasteiger partial charge in [0.25, 0.3) is 0 Å². The molecule has 1 unspecified atom stereocenters. The first-order chi connectivity index (χ1) is 9.29. The minimum absolute atomic E-state index is 0.205. The second-order valence-electron chi connectivity index (χ2n) is 6.01. The van der Waals surface area contributed by atoms with Crippen LogP contribution in [0.4, 0.5) is 0 Å². The molecular weight excluding hydrogens is 238 g/mol. The van der Waals surface area contributed by atoms with E-state index in [-0.39, 0.29) is 5.91 Å². The number of hydrogen-bond donors (Lipinski definition) is 2. The van der Waals surface area contributed by atoms with Gasteiger partial charge >= 0.3 is 0 Å². The van der Waals surface area contributed by atoms with Crippen molar-refractivity contribution in [2.75, 3.05) is 26.2 Å². The molecule has 1 aliphatic carbocycles. The van der Waals surface area contributed by atoms with Gasteiger partial charge in [-0.2, -0.15) is 0 Å². The summed E-state index contributed by atoms with van der Waals surface area (Å²) < 4.78 is 0. The molecule has 2 aliphatic rings. The van der Waals surface area contributed by atoms with E-state index in [0.29, 0.717) is 18.6 Å². The normalized spacial score (nSPS) is 23.6. The van der Waals surface area contributed by atoms with Crippen LogP contribution in [-0.2, 0) is 4.79 Å². The van der Waals surface area contributed by atoms with Crippen LogP contribution >= 0.6 is 0 Å². The third-order valence-corrected chi connectivity index (χ3v) is 4.13. The van der Waals surface area contributed by atoms with E-state index in [0.717, 1.165) is 32.5 Å². The Labute approximate surface area is 117 Å². The summed E-state index contributed by atoms with van der Waals surface area (Å²) in [5.41, 5.74) is 0. The fourth-order valence-corrected chi connectivity index (χ4v) is 2.79. The third-order valence-electron chi connectivity index (χ3n) is 4.13. The summed E-state index contributed by atoms with van der Waals surface area (Å²) in [5.74, 6) is 0.205. The van der Waals surface area contributed by atoms with Crippen molar-refractivity contribution >= 4 is 5.91 Å². The van der Waals surface area contributed by atoms with Crippen molar-refractivity contribution in [2.45, 2.75) is 64.0 Å². The van der Waals surface area contributed by atoms with Crippen LogP contribution in [0.3, 0.4) is 0 Å². The smallest absolute Gasteiger partial charge is 0.234 e. The maximum atomic E-state index is 11.9. The number of rotatable bonds is 8. The Bertz CT molecular complexity index is 273. The van der Waals surface area contributed by atoms with E-state index in [4.69, 9.17) is 0 Å². The predicted molar refractivity (Wildman–Crippen MR) is 78.2 cm³/mol. The standard InChI is InChI=1S/C15H29N3O/c1-2-3-9-17-15(19)12-18(14-7-8-14)11-13-6-4-5-10-16-13/h13-14,16H,2-12H2,1H3,(H,17,19). The van der Waals surface area contributed by atoms with Gasteiger partial charge in [-0.05, 0) is 38.6 Å². The van der Waals surface area contributed by atoms with Crippen LogP contribution in [0.15, 0.2) is 0 Å². The molecule has 110 valence electrons. The molecule has 0 radical (unpaired) electrons. The van der Waals surface area contributed by atoms with Crippen LogP contribution in [0, 0.1) is 0 Å². The second-order valence-corrected chi connectivity index (χ2v) is 6.01. The lowest BCUT2D eigenvalue weighted by Crippen LogP contribution is -2.47. The van der Waals surface area contributed by atoms with Crippen molar-refractivity contribution < 1.29 is 4.79 Å². The molecule has 1 saturated heterocycles. The minimum atomic E-state index is 0.205. The number of nitrogens with one attached hydrogen (secondary N) is 2. The molecule has 4 nitrogen and oxygen atoms in total. The summed E-state index contributed by atoms with van der Waals surface area (Å²) in [4.78, 5) is 14.3. The molecule has 0 bridgehead atoms. The van der Waals surface area contributed by atoms with Crippen molar-refractivity contribution in [1.29, 1.82) is 0 Å². The van der Waals surface area contributed by atoms with Gasteiger partial charge in [0.2, 0.25) is 5.91 Å². The van der Waals surface area contributed by atoms with Gasteiger partial charge in [0, 0.05) is 25.2 Å². The topological polar surface area (TPSA) is 44.4 Å². The predicted octanol–water partition coefficient (Wildman–Crippen LogP) is 1.51. The molecule has 1 amide bonds. The summed E-state index contributed by atoms with van der Waals surface area (Å²) >= 11 is 0. The Morgan fingerprint density at radius 2 is 2.16 bits per heavy atom. The fraction of sp³-hybridized carbons (Fsp3) is 0.933. The van der Waals surface area contributed by atoms with Gasteiger partial charge in [0.1, 0.15) is 0 Å². The van der Waals surface area contributed by atoms with Gasteiger partial charge in [-0.25, -0.2) is 0 Å². The third kappa shape index (κ3) is 5.49. The molecule has 0 aromatic carbocycles. The Balaban J connectivity index is 1.71. The summed E-state index contributed by atoms with van der Waals surface area (Å²) in [5, 5.41) is 6.62. The number of amides is 1. The van der Waals surface area contributed by atoms with Crippen LogP contribution in [-0.4, -0.2) is 49.1 Å². The largest absolute Gasteiger partial charge is 0.355 e. The van der Waals surface area contributed by atoms with Crippen LogP contribution in [0.25, 0.3) is 0 Å². The van der Waals surface area contributed by atoms with E-state index in [9.17, 15) is 4.79 Å². The highest BCUT2D eigenvalue weighted by Crippen LogP contribution is 2.27. The van der Waals surface area contributed by atoms with E-state index in [1.54, 1.807) is 0 Å². The highest BCUT2D eigenvalue weighted by Gasteiger charge is 2.31. The fourth-order valence-electron chi connectivity index (χ4n) is 2.79. The average molecular weight is 267 g/mol. The SMILES string of the molecule is CCCCNC(=O)CN(CC1CCCCN1)C1CC1. The molecular formula is C15H29N3O. The number of piperidine rings is 1. The Morgan fingerprint density at radius 1 is 1.32 bits per heavy atom. The zero-order valence-electron chi connectivity index (χ0n) is 12.3. The lowest BCUT2D eigenvalue weighted by Gasteiger charge is -2.30. The monoisotopic (exact) mass is 267 g/mol. The maximum Gasteiger partial charge on any atom is 0.234 e. The quantitative estimate of drug-likeness (QED) is 0.655. The molecule has 0 aromatic heterocycles. The number of hydrogen-bond acceptors (Lipinski definition) is 3. The molecule has 1 saturated carbocycles. The van der Waals surface area contributed by atoms with Crippen LogP contribution in [0.5, 0.6) is 0 Å². The van der Waals surface area contributed by atoms with E-state index in [1.807, 2.05) is 0 Å². The van der Waals surface area contributed by atoms with Crippen molar-refractivity contribution in [2.24, 2.45) is 0 Å². The average Bonchev–Trinajstić information content (AvgIpc) is 3.24. The van der Waals surface area contributed by atoms with E-state index in [2.05, 4.69) is 22.5 Å². The van der Waals surface area contributed by atoms with Crippen molar-refractivity contribution in [3.63, 3.8) is 0 Å². The molecule has 1 heterocycles. The molecule has 19 heavy (non-hydrogen) atoms. The maximum absolute atomic E-state index is 11.9. The van der Waals surface area contributed by atoms with Crippen molar-refractivity contribution in [3.8, 4) is 0 Å². The molecule has 0 spiro atoms. The van der Waals surface area contributed by atoms with Gasteiger partial charge in [0.05, 0.1) is 6.54 Å². The molecule has 4 heteroatoms. The highest BCUT2D eigenvalue weighted by atomic mass is 16.2. The van der Waals surface area contributed by atoms with Gasteiger partial charge in [-0.3, -0.25) is 9.69 Å². The summed E-state index contributed by atoms with van der Waals surface area (Å²) in [6.45, 7) is 5.76. The molecule has 2 fully saturated rings.